The summed E-state index contributed by atoms with van der Waals surface area (Å²) in [5.74, 6) is -1.10. The minimum atomic E-state index is -4.22. The highest BCUT2D eigenvalue weighted by atomic mass is 32.2. The van der Waals surface area contributed by atoms with Crippen LogP contribution in [0.25, 0.3) is 0 Å². The van der Waals surface area contributed by atoms with Gasteiger partial charge < -0.3 is 15.0 Å². The Balaban J connectivity index is 2.05. The number of carbonyl (C=O) groups excluding carboxylic acids is 2. The molecule has 0 spiro atoms. The highest BCUT2D eigenvalue weighted by Gasteiger charge is 2.33. The number of sulfonamides is 1. The van der Waals surface area contributed by atoms with Gasteiger partial charge >= 0.3 is 0 Å². The zero-order valence-corrected chi connectivity index (χ0v) is 25.5. The summed E-state index contributed by atoms with van der Waals surface area (Å²) in [6.45, 7) is 6.54. The van der Waals surface area contributed by atoms with Crippen molar-refractivity contribution in [2.24, 2.45) is 0 Å². The smallest absolute Gasteiger partial charge is 0.264 e. The monoisotopic (exact) mass is 601 g/mol. The summed E-state index contributed by atoms with van der Waals surface area (Å²) in [5, 5.41) is 2.77. The molecule has 3 rings (SSSR count). The summed E-state index contributed by atoms with van der Waals surface area (Å²) in [6, 6.07) is 17.5. The molecule has 1 N–H and O–H groups in total. The zero-order chi connectivity index (χ0) is 30.2. The van der Waals surface area contributed by atoms with E-state index in [2.05, 4.69) is 5.32 Å². The first kappa shape index (κ1) is 32.0. The highest BCUT2D eigenvalue weighted by molar-refractivity contribution is 7.98. The van der Waals surface area contributed by atoms with E-state index in [4.69, 9.17) is 4.74 Å². The molecule has 0 aliphatic heterocycles. The van der Waals surface area contributed by atoms with Gasteiger partial charge in [0, 0.05) is 23.0 Å². The number of nitrogens with zero attached hydrogens (tertiary/aromatic N) is 2. The number of halogens is 1. The molecular formula is C30H36FN3O5S2. The van der Waals surface area contributed by atoms with Crippen molar-refractivity contribution in [2.75, 3.05) is 23.7 Å². The molecule has 11 heteroatoms. The van der Waals surface area contributed by atoms with Crippen LogP contribution in [0.4, 0.5) is 10.1 Å². The maximum absolute atomic E-state index is 14.6. The fourth-order valence-electron chi connectivity index (χ4n) is 4.08. The van der Waals surface area contributed by atoms with E-state index in [1.165, 1.54) is 53.9 Å². The minimum Gasteiger partial charge on any atom is -0.494 e. The van der Waals surface area contributed by atoms with Crippen molar-refractivity contribution in [1.82, 2.24) is 10.2 Å². The van der Waals surface area contributed by atoms with Crippen LogP contribution in [0, 0.1) is 5.82 Å². The lowest BCUT2D eigenvalue weighted by atomic mass is 10.1. The lowest BCUT2D eigenvalue weighted by molar-refractivity contribution is -0.139. The molecule has 1 atom stereocenters. The Kier molecular flexibility index (Phi) is 11.2. The van der Waals surface area contributed by atoms with Crippen LogP contribution in [0.2, 0.25) is 0 Å². The SMILES string of the molecule is CCOc1ccc(N(CC(=O)N(Cc2ccccc2F)[C@H](C)C(=O)NC(C)C)S(=O)(=O)c2ccc(SC)cc2)cc1. The van der Waals surface area contributed by atoms with Gasteiger partial charge in [-0.3, -0.25) is 13.9 Å². The van der Waals surface area contributed by atoms with Crippen LogP contribution in [0.3, 0.4) is 0 Å². The van der Waals surface area contributed by atoms with Gasteiger partial charge in [0.05, 0.1) is 17.2 Å². The van der Waals surface area contributed by atoms with Crippen LogP contribution in [-0.2, 0) is 26.2 Å². The van der Waals surface area contributed by atoms with Gasteiger partial charge in [0.1, 0.15) is 24.2 Å². The van der Waals surface area contributed by atoms with E-state index in [1.807, 2.05) is 13.2 Å². The fraction of sp³-hybridized carbons (Fsp3) is 0.333. The van der Waals surface area contributed by atoms with Crippen molar-refractivity contribution in [3.63, 3.8) is 0 Å². The van der Waals surface area contributed by atoms with Gasteiger partial charge in [-0.2, -0.15) is 0 Å². The molecule has 0 saturated carbocycles. The lowest BCUT2D eigenvalue weighted by Gasteiger charge is -2.32. The number of nitrogens with one attached hydrogen (secondary N) is 1. The first-order chi connectivity index (χ1) is 19.5. The van der Waals surface area contributed by atoms with Gasteiger partial charge in [-0.25, -0.2) is 12.8 Å². The summed E-state index contributed by atoms with van der Waals surface area (Å²) >= 11 is 1.47. The molecule has 220 valence electrons. The second-order valence-corrected chi connectivity index (χ2v) is 12.3. The third-order valence-corrected chi connectivity index (χ3v) is 8.79. The molecule has 0 heterocycles. The third-order valence-electron chi connectivity index (χ3n) is 6.26. The summed E-state index contributed by atoms with van der Waals surface area (Å²) < 4.78 is 49.0. The van der Waals surface area contributed by atoms with Crippen LogP contribution < -0.4 is 14.4 Å². The molecule has 0 radical (unpaired) electrons. The van der Waals surface area contributed by atoms with Crippen LogP contribution >= 0.6 is 11.8 Å². The van der Waals surface area contributed by atoms with Gasteiger partial charge in [0.15, 0.2) is 0 Å². The average Bonchev–Trinajstić information content (AvgIpc) is 2.95. The summed E-state index contributed by atoms with van der Waals surface area (Å²) in [6.07, 6.45) is 1.88. The maximum Gasteiger partial charge on any atom is 0.264 e. The maximum atomic E-state index is 14.6. The van der Waals surface area contributed by atoms with Gasteiger partial charge in [0.2, 0.25) is 11.8 Å². The molecule has 8 nitrogen and oxygen atoms in total. The van der Waals surface area contributed by atoms with Gasteiger partial charge in [-0.15, -0.1) is 11.8 Å². The predicted molar refractivity (Wildman–Crippen MR) is 160 cm³/mol. The van der Waals surface area contributed by atoms with Crippen molar-refractivity contribution in [2.45, 2.75) is 56.1 Å². The number of ether oxygens (including phenoxy) is 1. The van der Waals surface area contributed by atoms with E-state index in [1.54, 1.807) is 56.3 Å². The quantitative estimate of drug-likeness (QED) is 0.275. The van der Waals surface area contributed by atoms with E-state index >= 15 is 0 Å². The number of rotatable bonds is 13. The molecule has 0 aliphatic carbocycles. The molecule has 3 aromatic carbocycles. The van der Waals surface area contributed by atoms with Crippen LogP contribution in [0.15, 0.2) is 82.6 Å². The van der Waals surface area contributed by atoms with E-state index in [0.717, 1.165) is 9.20 Å². The highest BCUT2D eigenvalue weighted by Crippen LogP contribution is 2.28. The second kappa shape index (κ2) is 14.4. The predicted octanol–water partition coefficient (Wildman–Crippen LogP) is 5.08. The zero-order valence-electron chi connectivity index (χ0n) is 23.8. The molecule has 3 aromatic rings. The Morgan fingerprint density at radius 2 is 1.61 bits per heavy atom. The van der Waals surface area contributed by atoms with Crippen LogP contribution in [0.5, 0.6) is 5.75 Å². The fourth-order valence-corrected chi connectivity index (χ4v) is 5.90. The van der Waals surface area contributed by atoms with Crippen molar-refractivity contribution >= 4 is 39.3 Å². The number of thioether (sulfide) groups is 1. The first-order valence-corrected chi connectivity index (χ1v) is 15.9. The number of amides is 2. The van der Waals surface area contributed by atoms with Crippen molar-refractivity contribution < 1.29 is 27.1 Å². The molecule has 0 bridgehead atoms. The molecule has 41 heavy (non-hydrogen) atoms. The Morgan fingerprint density at radius 1 is 0.976 bits per heavy atom. The van der Waals surface area contributed by atoms with Gasteiger partial charge in [0.25, 0.3) is 10.0 Å². The Bertz CT molecular complexity index is 1430. The molecule has 0 saturated heterocycles. The Morgan fingerprint density at radius 3 is 2.17 bits per heavy atom. The van der Waals surface area contributed by atoms with Crippen molar-refractivity contribution in [3.05, 3.63) is 84.2 Å². The summed E-state index contributed by atoms with van der Waals surface area (Å²) in [4.78, 5) is 29.0. The molecule has 2 amide bonds. The van der Waals surface area contributed by atoms with Gasteiger partial charge in [-0.05, 0) is 88.5 Å². The molecule has 0 aromatic heterocycles. The molecule has 0 fully saturated rings. The number of hydrogen-bond donors (Lipinski definition) is 1. The second-order valence-electron chi connectivity index (χ2n) is 9.57. The standard InChI is InChI=1S/C30H36FN3O5S2/c1-6-39-25-13-11-24(12-14-25)34(41(37,38)27-17-15-26(40-5)16-18-27)20-29(35)33(22(4)30(36)32-21(2)3)19-23-9-7-8-10-28(23)31/h7-18,21-22H,6,19-20H2,1-5H3,(H,32,36)/t22-/m1/s1. The topological polar surface area (TPSA) is 96.0 Å². The summed E-state index contributed by atoms with van der Waals surface area (Å²) in [7, 11) is -4.22. The minimum absolute atomic E-state index is 0.00300. The van der Waals surface area contributed by atoms with E-state index in [-0.39, 0.29) is 28.7 Å². The average molecular weight is 602 g/mol. The lowest BCUT2D eigenvalue weighted by Crippen LogP contribution is -2.52. The van der Waals surface area contributed by atoms with E-state index in [9.17, 15) is 22.4 Å². The largest absolute Gasteiger partial charge is 0.494 e. The van der Waals surface area contributed by atoms with Crippen LogP contribution in [-0.4, -0.2) is 56.6 Å². The summed E-state index contributed by atoms with van der Waals surface area (Å²) in [5.41, 5.74) is 0.439. The van der Waals surface area contributed by atoms with Crippen molar-refractivity contribution in [1.29, 1.82) is 0 Å². The van der Waals surface area contributed by atoms with Crippen LogP contribution in [0.1, 0.15) is 33.3 Å². The third kappa shape index (κ3) is 8.23. The number of carbonyl (C=O) groups is 2. The first-order valence-electron chi connectivity index (χ1n) is 13.2. The van der Waals surface area contributed by atoms with Gasteiger partial charge in [-0.1, -0.05) is 18.2 Å². The van der Waals surface area contributed by atoms with Crippen molar-refractivity contribution in [3.8, 4) is 5.75 Å². The molecular weight excluding hydrogens is 565 g/mol. The normalized spacial score (nSPS) is 12.1. The Hall–Kier alpha value is -3.57. The Labute approximate surface area is 245 Å². The molecule has 0 unspecified atom stereocenters. The number of benzene rings is 3. The number of hydrogen-bond acceptors (Lipinski definition) is 6. The molecule has 0 aliphatic rings. The van der Waals surface area contributed by atoms with E-state index < -0.39 is 40.2 Å². The van der Waals surface area contributed by atoms with E-state index in [0.29, 0.717) is 12.4 Å². The number of anilines is 1.